The van der Waals surface area contributed by atoms with Gasteiger partial charge in [0, 0.05) is 34.6 Å². The molecule has 1 heterocycles. The van der Waals surface area contributed by atoms with E-state index in [1.54, 1.807) is 42.3 Å². The Hall–Kier alpha value is -3.89. The number of nitrogens with zero attached hydrogens (tertiary/aromatic N) is 2. The minimum atomic E-state index is -0.128. The summed E-state index contributed by atoms with van der Waals surface area (Å²) in [7, 11) is 1.73. The molecule has 4 nitrogen and oxygen atoms in total. The Labute approximate surface area is 210 Å². The number of rotatable bonds is 3. The zero-order valence-electron chi connectivity index (χ0n) is 19.7. The van der Waals surface area contributed by atoms with E-state index in [1.165, 1.54) is 5.56 Å². The number of amides is 2. The van der Waals surface area contributed by atoms with Gasteiger partial charge in [-0.1, -0.05) is 54.1 Å². The highest BCUT2D eigenvalue weighted by atomic mass is 35.5. The van der Waals surface area contributed by atoms with Gasteiger partial charge in [-0.2, -0.15) is 0 Å². The fourth-order valence-electron chi connectivity index (χ4n) is 4.60. The fourth-order valence-corrected chi connectivity index (χ4v) is 4.82. The van der Waals surface area contributed by atoms with Crippen molar-refractivity contribution in [2.45, 2.75) is 19.9 Å². The van der Waals surface area contributed by atoms with E-state index in [9.17, 15) is 9.59 Å². The van der Waals surface area contributed by atoms with E-state index in [2.05, 4.69) is 18.2 Å². The molecule has 1 aliphatic rings. The van der Waals surface area contributed by atoms with Crippen molar-refractivity contribution >= 4 is 34.8 Å². The highest BCUT2D eigenvalue weighted by Crippen LogP contribution is 2.32. The van der Waals surface area contributed by atoms with Crippen LogP contribution in [-0.4, -0.2) is 18.9 Å². The molecule has 0 N–H and O–H groups in total. The minimum Gasteiger partial charge on any atom is -0.311 e. The van der Waals surface area contributed by atoms with Gasteiger partial charge in [-0.15, -0.1) is 0 Å². The summed E-state index contributed by atoms with van der Waals surface area (Å²) in [6.45, 7) is 2.38. The average molecular weight is 481 g/mol. The molecule has 35 heavy (non-hydrogen) atoms. The lowest BCUT2D eigenvalue weighted by Crippen LogP contribution is -2.31. The number of carbonyl (C=O) groups is 2. The summed E-state index contributed by atoms with van der Waals surface area (Å²) in [5.41, 5.74) is 7.15. The molecule has 0 aromatic heterocycles. The lowest BCUT2D eigenvalue weighted by atomic mass is 10.0. The Bertz CT molecular complexity index is 1430. The van der Waals surface area contributed by atoms with Crippen molar-refractivity contribution in [3.05, 3.63) is 129 Å². The van der Waals surface area contributed by atoms with Gasteiger partial charge in [0.15, 0.2) is 0 Å². The average Bonchev–Trinajstić information content (AvgIpc) is 3.04. The van der Waals surface area contributed by atoms with Gasteiger partial charge in [-0.25, -0.2) is 0 Å². The predicted octanol–water partition coefficient (Wildman–Crippen LogP) is 6.68. The molecule has 0 saturated heterocycles. The number of anilines is 2. The highest BCUT2D eigenvalue weighted by Gasteiger charge is 2.25. The van der Waals surface area contributed by atoms with E-state index < -0.39 is 0 Å². The summed E-state index contributed by atoms with van der Waals surface area (Å²) in [5.74, 6) is -0.195. The maximum absolute atomic E-state index is 13.7. The van der Waals surface area contributed by atoms with Gasteiger partial charge in [0.1, 0.15) is 0 Å². The monoisotopic (exact) mass is 480 g/mol. The first-order valence-corrected chi connectivity index (χ1v) is 11.9. The molecule has 0 atom stereocenters. The molecule has 174 valence electrons. The molecule has 0 aliphatic carbocycles. The molecular formula is C30H25ClN2O2. The van der Waals surface area contributed by atoms with Crippen molar-refractivity contribution in [1.29, 1.82) is 0 Å². The molecule has 0 fully saturated rings. The first-order valence-electron chi connectivity index (χ1n) is 11.5. The number of para-hydroxylation sites is 1. The standard InChI is InChI=1S/C30H25ClN2O2/c1-20-17-25(31)13-16-27(20)30(35)32(2)26-14-11-21(12-15-26)29(34)33-19-24-9-4-3-7-22(24)18-23-8-5-6-10-28(23)33/h3-17H,18-19H2,1-2H3. The van der Waals surface area contributed by atoms with Crippen LogP contribution in [-0.2, 0) is 13.0 Å². The van der Waals surface area contributed by atoms with E-state index >= 15 is 0 Å². The molecule has 5 rings (SSSR count). The molecule has 0 unspecified atom stereocenters. The zero-order chi connectivity index (χ0) is 24.5. The van der Waals surface area contributed by atoms with Gasteiger partial charge in [-0.3, -0.25) is 9.59 Å². The van der Waals surface area contributed by atoms with Crippen molar-refractivity contribution in [2.75, 3.05) is 16.8 Å². The molecule has 0 spiro atoms. The van der Waals surface area contributed by atoms with E-state index in [1.807, 2.05) is 54.3 Å². The second-order valence-electron chi connectivity index (χ2n) is 8.84. The zero-order valence-corrected chi connectivity index (χ0v) is 20.4. The number of hydrogen-bond donors (Lipinski definition) is 0. The van der Waals surface area contributed by atoms with Crippen molar-refractivity contribution < 1.29 is 9.59 Å². The van der Waals surface area contributed by atoms with E-state index in [4.69, 9.17) is 11.6 Å². The van der Waals surface area contributed by atoms with Crippen LogP contribution in [0.2, 0.25) is 5.02 Å². The van der Waals surface area contributed by atoms with Crippen LogP contribution in [0.25, 0.3) is 0 Å². The Balaban J connectivity index is 1.42. The third-order valence-electron chi connectivity index (χ3n) is 6.58. The van der Waals surface area contributed by atoms with Gasteiger partial charge in [-0.05, 0) is 84.1 Å². The largest absolute Gasteiger partial charge is 0.311 e. The summed E-state index contributed by atoms with van der Waals surface area (Å²) >= 11 is 6.04. The third kappa shape index (κ3) is 4.45. The lowest BCUT2D eigenvalue weighted by molar-refractivity contribution is 0.0981. The molecule has 4 aromatic rings. The van der Waals surface area contributed by atoms with Gasteiger partial charge >= 0.3 is 0 Å². The summed E-state index contributed by atoms with van der Waals surface area (Å²) in [6.07, 6.45) is 0.798. The fraction of sp³-hybridized carbons (Fsp3) is 0.133. The van der Waals surface area contributed by atoms with E-state index in [-0.39, 0.29) is 11.8 Å². The Kier molecular flexibility index (Phi) is 6.14. The Morgan fingerprint density at radius 1 is 0.829 bits per heavy atom. The molecule has 2 amide bonds. The molecule has 0 radical (unpaired) electrons. The maximum Gasteiger partial charge on any atom is 0.258 e. The van der Waals surface area contributed by atoms with Gasteiger partial charge in [0.25, 0.3) is 11.8 Å². The summed E-state index contributed by atoms with van der Waals surface area (Å²) < 4.78 is 0. The number of fused-ring (bicyclic) bond motifs is 2. The lowest BCUT2D eigenvalue weighted by Gasteiger charge is -2.24. The summed E-state index contributed by atoms with van der Waals surface area (Å²) in [6, 6.07) is 28.8. The SMILES string of the molecule is Cc1cc(Cl)ccc1C(=O)N(C)c1ccc(C(=O)N2Cc3ccccc3Cc3ccccc32)cc1. The number of halogens is 1. The minimum absolute atomic E-state index is 0.0665. The van der Waals surface area contributed by atoms with Crippen LogP contribution in [0.5, 0.6) is 0 Å². The second kappa shape index (κ2) is 9.40. The van der Waals surface area contributed by atoms with Crippen molar-refractivity contribution in [2.24, 2.45) is 0 Å². The van der Waals surface area contributed by atoms with Crippen LogP contribution >= 0.6 is 11.6 Å². The molecule has 4 aromatic carbocycles. The molecular weight excluding hydrogens is 456 g/mol. The van der Waals surface area contributed by atoms with Crippen LogP contribution in [0.4, 0.5) is 11.4 Å². The van der Waals surface area contributed by atoms with E-state index in [0.29, 0.717) is 28.4 Å². The Morgan fingerprint density at radius 2 is 1.49 bits per heavy atom. The number of benzene rings is 4. The van der Waals surface area contributed by atoms with Gasteiger partial charge in [0.2, 0.25) is 0 Å². The van der Waals surface area contributed by atoms with E-state index in [0.717, 1.165) is 28.8 Å². The normalized spacial score (nSPS) is 12.4. The smallest absolute Gasteiger partial charge is 0.258 e. The maximum atomic E-state index is 13.7. The number of carbonyl (C=O) groups excluding carboxylic acids is 2. The summed E-state index contributed by atoms with van der Waals surface area (Å²) in [5, 5.41) is 0.599. The van der Waals surface area contributed by atoms with Crippen molar-refractivity contribution in [1.82, 2.24) is 0 Å². The Morgan fingerprint density at radius 3 is 2.20 bits per heavy atom. The molecule has 1 aliphatic heterocycles. The number of aryl methyl sites for hydroxylation is 1. The quantitative estimate of drug-likeness (QED) is 0.328. The van der Waals surface area contributed by atoms with Gasteiger partial charge < -0.3 is 9.80 Å². The summed E-state index contributed by atoms with van der Waals surface area (Å²) in [4.78, 5) is 30.1. The van der Waals surface area contributed by atoms with Crippen LogP contribution < -0.4 is 9.80 Å². The highest BCUT2D eigenvalue weighted by molar-refractivity contribution is 6.30. The topological polar surface area (TPSA) is 40.6 Å². The van der Waals surface area contributed by atoms with Crippen LogP contribution in [0.1, 0.15) is 43.0 Å². The second-order valence-corrected chi connectivity index (χ2v) is 9.27. The van der Waals surface area contributed by atoms with Crippen LogP contribution in [0, 0.1) is 6.92 Å². The van der Waals surface area contributed by atoms with Crippen LogP contribution in [0.3, 0.4) is 0 Å². The first-order chi connectivity index (χ1) is 16.9. The van der Waals surface area contributed by atoms with Crippen LogP contribution in [0.15, 0.2) is 91.0 Å². The third-order valence-corrected chi connectivity index (χ3v) is 6.82. The molecule has 0 bridgehead atoms. The molecule has 0 saturated carbocycles. The number of hydrogen-bond acceptors (Lipinski definition) is 2. The predicted molar refractivity (Wildman–Crippen MR) is 142 cm³/mol. The van der Waals surface area contributed by atoms with Crippen molar-refractivity contribution in [3.8, 4) is 0 Å². The first kappa shape index (κ1) is 22.9. The van der Waals surface area contributed by atoms with Crippen molar-refractivity contribution in [3.63, 3.8) is 0 Å². The molecule has 5 heteroatoms. The van der Waals surface area contributed by atoms with Gasteiger partial charge in [0.05, 0.1) is 6.54 Å².